The molecule has 70 heavy (non-hydrogen) atoms. The summed E-state index contributed by atoms with van der Waals surface area (Å²) in [6.07, 6.45) is 0.939. The van der Waals surface area contributed by atoms with Crippen molar-refractivity contribution in [3.63, 3.8) is 0 Å². The third kappa shape index (κ3) is 7.77. The Hall–Kier alpha value is -9.28. The zero-order valence-electron chi connectivity index (χ0n) is 37.0. The number of hydrogen-bond donors (Lipinski definition) is 6. The fraction of sp³-hybridized carbons (Fsp3) is 0.0755. The molecule has 0 saturated carbocycles. The Morgan fingerprint density at radius 2 is 1.29 bits per heavy atom. The Bertz CT molecular complexity index is 3930. The van der Waals surface area contributed by atoms with Crippen molar-refractivity contribution in [3.8, 4) is 27.9 Å². The molecule has 12 aromatic rings. The van der Waals surface area contributed by atoms with Crippen LogP contribution in [0.5, 0.6) is 0 Å². The number of halogens is 1. The first-order valence-corrected chi connectivity index (χ1v) is 22.8. The fourth-order valence-electron chi connectivity index (χ4n) is 9.50. The lowest BCUT2D eigenvalue weighted by Crippen LogP contribution is -2.10. The van der Waals surface area contributed by atoms with E-state index in [0.717, 1.165) is 83.9 Å². The van der Waals surface area contributed by atoms with E-state index < -0.39 is 5.91 Å². The van der Waals surface area contributed by atoms with Crippen molar-refractivity contribution in [2.24, 2.45) is 5.73 Å². The SMILES string of the molecule is NC(=O)c1ccc(-c2cccc3[nH]c(C[C@H](c4ccccc4)c4cc(N)nc5c4nnn5-c4cccc([C@@H](Cc5nc6ccc(-c7ccc(Cl)cc7)cc6[nH]5)c5cc(N)nc6n[nH]nc56)c4)nc23)cc1. The first-order valence-electron chi connectivity index (χ1n) is 22.5. The smallest absolute Gasteiger partial charge is 0.248 e. The number of anilines is 2. The molecule has 6 aromatic heterocycles. The highest BCUT2D eigenvalue weighted by Crippen LogP contribution is 2.38. The standard InChI is InChI=1S/C53H40ClN15O/c54-34-19-16-28(17-20-34)32-18-21-41-43(23-32)60-46(58-41)27-38(39-24-44(55)61-52-49(39)64-67-66-52)33-8-4-9-35(22-33)69-53-50(65-68-69)40(25-45(56)62-53)37(29-6-2-1-3-7-29)26-47-59-42-11-5-10-36(48(42)63-47)30-12-14-31(15-13-30)51(57)70/h1-25,37-38H,26-27H2,(H2,56,62)(H2,57,70)(H,58,60)(H,59,63)(H3,55,61,64,66,67)/t37-,38-/m1/s1. The minimum absolute atomic E-state index is 0.248. The summed E-state index contributed by atoms with van der Waals surface area (Å²) in [5.41, 5.74) is 32.9. The van der Waals surface area contributed by atoms with Gasteiger partial charge in [-0.1, -0.05) is 102 Å². The Morgan fingerprint density at radius 3 is 2.09 bits per heavy atom. The monoisotopic (exact) mass is 937 g/mol. The van der Waals surface area contributed by atoms with Crippen molar-refractivity contribution in [2.45, 2.75) is 24.7 Å². The van der Waals surface area contributed by atoms with E-state index in [4.69, 9.17) is 54.1 Å². The lowest BCUT2D eigenvalue weighted by molar-refractivity contribution is 0.1000. The molecule has 12 rings (SSSR count). The molecule has 0 saturated heterocycles. The molecule has 0 aliphatic carbocycles. The van der Waals surface area contributed by atoms with E-state index in [9.17, 15) is 4.79 Å². The normalized spacial score (nSPS) is 12.6. The average Bonchev–Trinajstić information content (AvgIpc) is 4.21. The van der Waals surface area contributed by atoms with Gasteiger partial charge in [-0.15, -0.1) is 10.2 Å². The zero-order valence-corrected chi connectivity index (χ0v) is 37.8. The molecule has 0 spiro atoms. The molecule has 6 aromatic carbocycles. The quantitative estimate of drug-likeness (QED) is 0.0673. The number of amides is 1. The van der Waals surface area contributed by atoms with Crippen molar-refractivity contribution in [1.29, 1.82) is 0 Å². The number of fused-ring (bicyclic) bond motifs is 4. The lowest BCUT2D eigenvalue weighted by Gasteiger charge is -2.19. The summed E-state index contributed by atoms with van der Waals surface area (Å²) in [6.45, 7) is 0. The Kier molecular flexibility index (Phi) is 10.3. The van der Waals surface area contributed by atoms with Gasteiger partial charge in [0.15, 0.2) is 5.65 Å². The predicted molar refractivity (Wildman–Crippen MR) is 271 cm³/mol. The van der Waals surface area contributed by atoms with E-state index in [2.05, 4.69) is 66.8 Å². The second-order valence-corrected chi connectivity index (χ2v) is 17.6. The van der Waals surface area contributed by atoms with Crippen LogP contribution in [0, 0.1) is 0 Å². The first-order chi connectivity index (χ1) is 34.2. The molecule has 9 N–H and O–H groups in total. The van der Waals surface area contributed by atoms with E-state index in [-0.39, 0.29) is 11.8 Å². The lowest BCUT2D eigenvalue weighted by atomic mass is 9.87. The van der Waals surface area contributed by atoms with E-state index in [0.29, 0.717) is 57.4 Å². The number of nitrogen functional groups attached to an aromatic ring is 2. The van der Waals surface area contributed by atoms with Crippen LogP contribution in [0.1, 0.15) is 56.1 Å². The largest absolute Gasteiger partial charge is 0.384 e. The number of benzene rings is 6. The number of carbonyl (C=O) groups is 1. The van der Waals surface area contributed by atoms with Gasteiger partial charge >= 0.3 is 0 Å². The van der Waals surface area contributed by atoms with E-state index in [1.807, 2.05) is 103 Å². The minimum atomic E-state index is -0.478. The van der Waals surface area contributed by atoms with Crippen molar-refractivity contribution in [3.05, 3.63) is 196 Å². The van der Waals surface area contributed by atoms with Crippen molar-refractivity contribution in [2.75, 3.05) is 11.5 Å². The summed E-state index contributed by atoms with van der Waals surface area (Å²) in [5.74, 6) is 1.12. The molecule has 1 amide bonds. The van der Waals surface area contributed by atoms with Crippen LogP contribution in [0.3, 0.4) is 0 Å². The summed E-state index contributed by atoms with van der Waals surface area (Å²) in [5, 5.41) is 21.8. The number of H-pyrrole nitrogens is 3. The fourth-order valence-corrected chi connectivity index (χ4v) is 9.62. The summed E-state index contributed by atoms with van der Waals surface area (Å²) >= 11 is 6.19. The second-order valence-electron chi connectivity index (χ2n) is 17.2. The van der Waals surface area contributed by atoms with Gasteiger partial charge in [0.05, 0.1) is 27.8 Å². The van der Waals surface area contributed by atoms with E-state index >= 15 is 0 Å². The number of nitrogens with zero attached hydrogens (tertiary/aromatic N) is 9. The van der Waals surface area contributed by atoms with Crippen LogP contribution < -0.4 is 17.2 Å². The predicted octanol–water partition coefficient (Wildman–Crippen LogP) is 9.23. The molecular formula is C53H40ClN15O. The van der Waals surface area contributed by atoms with Crippen LogP contribution in [-0.4, -0.2) is 66.2 Å². The molecule has 2 atom stereocenters. The number of hydrogen-bond acceptors (Lipinski definition) is 11. The molecule has 6 heterocycles. The average molecular weight is 938 g/mol. The zero-order chi connectivity index (χ0) is 47.5. The highest BCUT2D eigenvalue weighted by molar-refractivity contribution is 6.30. The van der Waals surface area contributed by atoms with Gasteiger partial charge in [0.25, 0.3) is 0 Å². The molecule has 17 heteroatoms. The van der Waals surface area contributed by atoms with Crippen LogP contribution in [-0.2, 0) is 12.8 Å². The number of pyridine rings is 2. The number of carbonyl (C=O) groups excluding carboxylic acids is 1. The van der Waals surface area contributed by atoms with Crippen LogP contribution >= 0.6 is 11.6 Å². The summed E-state index contributed by atoms with van der Waals surface area (Å²) in [7, 11) is 0. The number of para-hydroxylation sites is 1. The molecule has 0 fully saturated rings. The molecule has 340 valence electrons. The van der Waals surface area contributed by atoms with Gasteiger partial charge < -0.3 is 27.2 Å². The minimum Gasteiger partial charge on any atom is -0.384 e. The number of nitrogens with two attached hydrogens (primary N) is 3. The van der Waals surface area contributed by atoms with Gasteiger partial charge in [0, 0.05) is 40.8 Å². The molecule has 0 aliphatic heterocycles. The Morgan fingerprint density at radius 1 is 0.600 bits per heavy atom. The maximum absolute atomic E-state index is 11.8. The molecular weight excluding hydrogens is 898 g/mol. The van der Waals surface area contributed by atoms with Gasteiger partial charge in [-0.25, -0.2) is 19.9 Å². The third-order valence-electron chi connectivity index (χ3n) is 12.8. The summed E-state index contributed by atoms with van der Waals surface area (Å²) in [4.78, 5) is 38.5. The second kappa shape index (κ2) is 17.1. The van der Waals surface area contributed by atoms with Crippen molar-refractivity contribution >= 4 is 73.5 Å². The maximum atomic E-state index is 11.8. The van der Waals surface area contributed by atoms with E-state index in [1.54, 1.807) is 16.8 Å². The van der Waals surface area contributed by atoms with Crippen molar-refractivity contribution < 1.29 is 4.79 Å². The number of nitrogens with one attached hydrogen (secondary N) is 3. The molecule has 16 nitrogen and oxygen atoms in total. The van der Waals surface area contributed by atoms with Crippen LogP contribution in [0.4, 0.5) is 11.6 Å². The Balaban J connectivity index is 0.925. The topological polar surface area (TPSA) is 251 Å². The number of aromatic nitrogens is 12. The third-order valence-corrected chi connectivity index (χ3v) is 13.1. The molecule has 0 radical (unpaired) electrons. The molecule has 0 bridgehead atoms. The number of primary amides is 1. The van der Waals surface area contributed by atoms with Crippen LogP contribution in [0.2, 0.25) is 5.02 Å². The molecule has 0 aliphatic rings. The number of rotatable bonds is 12. The van der Waals surface area contributed by atoms with Gasteiger partial charge in [-0.3, -0.25) is 4.79 Å². The Labute approximate surface area is 403 Å². The van der Waals surface area contributed by atoms with Crippen LogP contribution in [0.25, 0.3) is 72.3 Å². The van der Waals surface area contributed by atoms with Gasteiger partial charge in [0.1, 0.15) is 34.3 Å². The summed E-state index contributed by atoms with van der Waals surface area (Å²) in [6, 6.07) is 49.2. The first kappa shape index (κ1) is 42.1. The highest BCUT2D eigenvalue weighted by Gasteiger charge is 2.27. The summed E-state index contributed by atoms with van der Waals surface area (Å²) < 4.78 is 1.72. The number of aromatic amines is 3. The van der Waals surface area contributed by atoms with Crippen molar-refractivity contribution in [1.82, 2.24) is 60.3 Å². The maximum Gasteiger partial charge on any atom is 0.248 e. The molecule has 0 unspecified atom stereocenters. The van der Waals surface area contributed by atoms with Gasteiger partial charge in [0.2, 0.25) is 11.6 Å². The number of imidazole rings is 2. The highest BCUT2D eigenvalue weighted by atomic mass is 35.5. The van der Waals surface area contributed by atoms with Gasteiger partial charge in [-0.05, 0) is 106 Å². The van der Waals surface area contributed by atoms with E-state index in [1.165, 1.54) is 0 Å². The van der Waals surface area contributed by atoms with Crippen LogP contribution in [0.15, 0.2) is 152 Å². The van der Waals surface area contributed by atoms with Gasteiger partial charge in [-0.2, -0.15) is 15.0 Å².